The predicted molar refractivity (Wildman–Crippen MR) is 61.2 cm³/mol. The van der Waals surface area contributed by atoms with Gasteiger partial charge in [-0.25, -0.2) is 0 Å². The fourth-order valence-electron chi connectivity index (χ4n) is 1.70. The van der Waals surface area contributed by atoms with E-state index in [-0.39, 0.29) is 24.2 Å². The molecule has 0 aliphatic carbocycles. The number of carbonyl (C=O) groups is 1. The lowest BCUT2D eigenvalue weighted by Crippen LogP contribution is -2.50. The maximum atomic E-state index is 11.7. The number of aliphatic hydroxyl groups excluding tert-OH is 1. The zero-order valence-corrected chi connectivity index (χ0v) is 10.3. The molecule has 5 nitrogen and oxygen atoms in total. The molecule has 0 radical (unpaired) electrons. The summed E-state index contributed by atoms with van der Waals surface area (Å²) >= 11 is 0. The highest BCUT2D eigenvalue weighted by molar-refractivity contribution is 5.78. The van der Waals surface area contributed by atoms with Gasteiger partial charge in [0.15, 0.2) is 0 Å². The van der Waals surface area contributed by atoms with Crippen LogP contribution in [0.1, 0.15) is 20.8 Å². The SMILES string of the molecule is CC(C)(C)NC(=O)CN1CCOC(CO)C1. The Morgan fingerprint density at radius 2 is 2.25 bits per heavy atom. The molecule has 5 heteroatoms. The van der Waals surface area contributed by atoms with Crippen LogP contribution in [0.5, 0.6) is 0 Å². The molecule has 16 heavy (non-hydrogen) atoms. The molecule has 1 atom stereocenters. The average Bonchev–Trinajstić information content (AvgIpc) is 2.15. The van der Waals surface area contributed by atoms with Gasteiger partial charge in [-0.3, -0.25) is 9.69 Å². The largest absolute Gasteiger partial charge is 0.394 e. The van der Waals surface area contributed by atoms with Crippen LogP contribution in [-0.2, 0) is 9.53 Å². The number of amides is 1. The number of rotatable bonds is 3. The summed E-state index contributed by atoms with van der Waals surface area (Å²) in [5, 5.41) is 11.9. The lowest BCUT2D eigenvalue weighted by molar-refractivity contribution is -0.126. The van der Waals surface area contributed by atoms with Crippen LogP contribution in [0, 0.1) is 0 Å². The number of aliphatic hydroxyl groups is 1. The van der Waals surface area contributed by atoms with Crippen LogP contribution in [0.4, 0.5) is 0 Å². The van der Waals surface area contributed by atoms with Gasteiger partial charge >= 0.3 is 0 Å². The van der Waals surface area contributed by atoms with Crippen molar-refractivity contribution in [3.05, 3.63) is 0 Å². The Balaban J connectivity index is 2.33. The van der Waals surface area contributed by atoms with Crippen LogP contribution in [0.2, 0.25) is 0 Å². The second-order valence-electron chi connectivity index (χ2n) is 5.21. The van der Waals surface area contributed by atoms with Crippen LogP contribution in [0.25, 0.3) is 0 Å². The molecule has 1 fully saturated rings. The molecule has 1 unspecified atom stereocenters. The van der Waals surface area contributed by atoms with Gasteiger partial charge in [0.1, 0.15) is 0 Å². The van der Waals surface area contributed by atoms with Crippen molar-refractivity contribution in [1.29, 1.82) is 0 Å². The second kappa shape index (κ2) is 5.61. The maximum absolute atomic E-state index is 11.7. The van der Waals surface area contributed by atoms with E-state index in [1.165, 1.54) is 0 Å². The molecule has 94 valence electrons. The van der Waals surface area contributed by atoms with E-state index in [2.05, 4.69) is 5.32 Å². The summed E-state index contributed by atoms with van der Waals surface area (Å²) < 4.78 is 5.32. The molecule has 0 bridgehead atoms. The van der Waals surface area contributed by atoms with E-state index in [0.29, 0.717) is 19.7 Å². The molecule has 0 aromatic heterocycles. The zero-order valence-electron chi connectivity index (χ0n) is 10.3. The topological polar surface area (TPSA) is 61.8 Å². The summed E-state index contributed by atoms with van der Waals surface area (Å²) in [6, 6.07) is 0. The highest BCUT2D eigenvalue weighted by atomic mass is 16.5. The number of carbonyl (C=O) groups excluding carboxylic acids is 1. The molecule has 0 spiro atoms. The van der Waals surface area contributed by atoms with E-state index in [0.717, 1.165) is 6.54 Å². The third-order valence-corrected chi connectivity index (χ3v) is 2.31. The predicted octanol–water partition coefficient (Wildman–Crippen LogP) is -0.406. The van der Waals surface area contributed by atoms with Crippen molar-refractivity contribution in [2.24, 2.45) is 0 Å². The zero-order chi connectivity index (χ0) is 12.2. The monoisotopic (exact) mass is 230 g/mol. The Bertz CT molecular complexity index is 238. The molecule has 2 N–H and O–H groups in total. The Labute approximate surface area is 96.8 Å². The molecule has 1 rings (SSSR count). The third-order valence-electron chi connectivity index (χ3n) is 2.31. The third kappa shape index (κ3) is 4.92. The van der Waals surface area contributed by atoms with Gasteiger partial charge in [-0.05, 0) is 20.8 Å². The maximum Gasteiger partial charge on any atom is 0.234 e. The number of nitrogens with one attached hydrogen (secondary N) is 1. The highest BCUT2D eigenvalue weighted by Crippen LogP contribution is 2.05. The summed E-state index contributed by atoms with van der Waals surface area (Å²) in [4.78, 5) is 13.7. The molecule has 1 heterocycles. The van der Waals surface area contributed by atoms with Gasteiger partial charge in [0.2, 0.25) is 5.91 Å². The first kappa shape index (κ1) is 13.4. The van der Waals surface area contributed by atoms with Crippen molar-refractivity contribution in [2.75, 3.05) is 32.8 Å². The van der Waals surface area contributed by atoms with Crippen LogP contribution < -0.4 is 5.32 Å². The average molecular weight is 230 g/mol. The number of hydrogen-bond donors (Lipinski definition) is 2. The minimum Gasteiger partial charge on any atom is -0.394 e. The second-order valence-corrected chi connectivity index (χ2v) is 5.21. The fraction of sp³-hybridized carbons (Fsp3) is 0.909. The van der Waals surface area contributed by atoms with E-state index in [1.54, 1.807) is 0 Å². The Morgan fingerprint density at radius 1 is 1.56 bits per heavy atom. The van der Waals surface area contributed by atoms with E-state index >= 15 is 0 Å². The normalized spacial score (nSPS) is 23.1. The summed E-state index contributed by atoms with van der Waals surface area (Å²) in [6.45, 7) is 8.20. The van der Waals surface area contributed by atoms with Crippen molar-refractivity contribution < 1.29 is 14.6 Å². The minimum atomic E-state index is -0.195. The first-order valence-electron chi connectivity index (χ1n) is 5.66. The van der Waals surface area contributed by atoms with Crippen molar-refractivity contribution in [3.63, 3.8) is 0 Å². The van der Waals surface area contributed by atoms with Gasteiger partial charge < -0.3 is 15.2 Å². The van der Waals surface area contributed by atoms with Crippen LogP contribution in [-0.4, -0.2) is 60.4 Å². The molecule has 0 aromatic carbocycles. The Morgan fingerprint density at radius 3 is 2.81 bits per heavy atom. The molecule has 1 saturated heterocycles. The van der Waals surface area contributed by atoms with Crippen LogP contribution in [0.3, 0.4) is 0 Å². The molecule has 1 aliphatic heterocycles. The standard InChI is InChI=1S/C11H22N2O3/c1-11(2,3)12-10(15)7-13-4-5-16-9(6-13)8-14/h9,14H,4-8H2,1-3H3,(H,12,15). The first-order valence-corrected chi connectivity index (χ1v) is 5.66. The van der Waals surface area contributed by atoms with Gasteiger partial charge in [0.05, 0.1) is 25.9 Å². The number of morpholine rings is 1. The summed E-state index contributed by atoms with van der Waals surface area (Å²) in [5.74, 6) is 0.0195. The molecular formula is C11H22N2O3. The van der Waals surface area contributed by atoms with E-state index < -0.39 is 0 Å². The number of hydrogen-bond acceptors (Lipinski definition) is 4. The van der Waals surface area contributed by atoms with E-state index in [1.807, 2.05) is 25.7 Å². The smallest absolute Gasteiger partial charge is 0.234 e. The number of ether oxygens (including phenoxy) is 1. The summed E-state index contributed by atoms with van der Waals surface area (Å²) in [5.41, 5.74) is -0.195. The van der Waals surface area contributed by atoms with Gasteiger partial charge in [0.25, 0.3) is 0 Å². The molecule has 0 aromatic rings. The Hall–Kier alpha value is -0.650. The van der Waals surface area contributed by atoms with Gasteiger partial charge in [-0.15, -0.1) is 0 Å². The Kier molecular flexibility index (Phi) is 4.70. The molecule has 1 aliphatic rings. The van der Waals surface area contributed by atoms with E-state index in [4.69, 9.17) is 9.84 Å². The minimum absolute atomic E-state index is 0.0113. The summed E-state index contributed by atoms with van der Waals surface area (Å²) in [6.07, 6.45) is -0.156. The molecule has 1 amide bonds. The van der Waals surface area contributed by atoms with Gasteiger partial charge in [-0.2, -0.15) is 0 Å². The van der Waals surface area contributed by atoms with Crippen LogP contribution >= 0.6 is 0 Å². The quantitative estimate of drug-likeness (QED) is 0.692. The van der Waals surface area contributed by atoms with Crippen molar-refractivity contribution in [1.82, 2.24) is 10.2 Å². The van der Waals surface area contributed by atoms with Crippen molar-refractivity contribution >= 4 is 5.91 Å². The molecule has 0 saturated carbocycles. The lowest BCUT2D eigenvalue weighted by Gasteiger charge is -2.32. The summed E-state index contributed by atoms with van der Waals surface area (Å²) in [7, 11) is 0. The van der Waals surface area contributed by atoms with Crippen molar-refractivity contribution in [2.45, 2.75) is 32.4 Å². The molecular weight excluding hydrogens is 208 g/mol. The lowest BCUT2D eigenvalue weighted by atomic mass is 10.1. The van der Waals surface area contributed by atoms with E-state index in [9.17, 15) is 4.79 Å². The number of nitrogens with zero attached hydrogens (tertiary/aromatic N) is 1. The van der Waals surface area contributed by atoms with Crippen LogP contribution in [0.15, 0.2) is 0 Å². The van der Waals surface area contributed by atoms with Gasteiger partial charge in [0, 0.05) is 18.6 Å². The highest BCUT2D eigenvalue weighted by Gasteiger charge is 2.22. The first-order chi connectivity index (χ1) is 7.40. The van der Waals surface area contributed by atoms with Crippen molar-refractivity contribution in [3.8, 4) is 0 Å². The fourth-order valence-corrected chi connectivity index (χ4v) is 1.70. The van der Waals surface area contributed by atoms with Gasteiger partial charge in [-0.1, -0.05) is 0 Å².